The maximum absolute atomic E-state index is 12.9. The SMILES string of the molecule is COc1ccc(/C=C2\C(=O)N(C)c3ccc(C4(CCN)OCCO4)cc32)cc1. The van der Waals surface area contributed by atoms with E-state index in [4.69, 9.17) is 19.9 Å². The van der Waals surface area contributed by atoms with Crippen molar-refractivity contribution >= 4 is 23.2 Å². The maximum atomic E-state index is 12.9. The van der Waals surface area contributed by atoms with Crippen molar-refractivity contribution in [1.29, 1.82) is 0 Å². The topological polar surface area (TPSA) is 74.0 Å². The van der Waals surface area contributed by atoms with Crippen molar-refractivity contribution in [3.63, 3.8) is 0 Å². The molecule has 1 saturated heterocycles. The zero-order valence-electron chi connectivity index (χ0n) is 16.1. The third kappa shape index (κ3) is 3.09. The van der Waals surface area contributed by atoms with Crippen LogP contribution in [0.4, 0.5) is 5.69 Å². The summed E-state index contributed by atoms with van der Waals surface area (Å²) in [5.41, 5.74) is 10.0. The Hall–Kier alpha value is -2.67. The van der Waals surface area contributed by atoms with Crippen molar-refractivity contribution in [2.24, 2.45) is 5.73 Å². The van der Waals surface area contributed by atoms with Gasteiger partial charge < -0.3 is 24.8 Å². The number of carbonyl (C=O) groups is 1. The normalized spacial score (nSPS) is 19.3. The Bertz CT molecular complexity index is 915. The molecule has 0 bridgehead atoms. The molecule has 2 aliphatic heterocycles. The van der Waals surface area contributed by atoms with E-state index in [1.54, 1.807) is 19.1 Å². The zero-order valence-corrected chi connectivity index (χ0v) is 16.1. The first kappa shape index (κ1) is 18.7. The number of anilines is 1. The van der Waals surface area contributed by atoms with E-state index in [-0.39, 0.29) is 5.91 Å². The summed E-state index contributed by atoms with van der Waals surface area (Å²) in [6, 6.07) is 13.5. The van der Waals surface area contributed by atoms with Crippen molar-refractivity contribution in [3.8, 4) is 5.75 Å². The monoisotopic (exact) mass is 380 g/mol. The molecular weight excluding hydrogens is 356 g/mol. The number of likely N-dealkylation sites (N-methyl/N-ethyl adjacent to an activating group) is 1. The van der Waals surface area contributed by atoms with Crippen LogP contribution in [0, 0.1) is 0 Å². The summed E-state index contributed by atoms with van der Waals surface area (Å²) in [4.78, 5) is 14.5. The Labute approximate surface area is 164 Å². The fourth-order valence-electron chi connectivity index (χ4n) is 3.79. The van der Waals surface area contributed by atoms with Gasteiger partial charge in [-0.3, -0.25) is 4.79 Å². The van der Waals surface area contributed by atoms with E-state index in [9.17, 15) is 4.79 Å². The summed E-state index contributed by atoms with van der Waals surface area (Å²) in [6.45, 7) is 1.51. The smallest absolute Gasteiger partial charge is 0.258 e. The number of nitrogens with two attached hydrogens (primary N) is 1. The molecule has 1 amide bonds. The molecule has 2 heterocycles. The van der Waals surface area contributed by atoms with Crippen LogP contribution in [0.25, 0.3) is 11.6 Å². The molecule has 2 aliphatic rings. The lowest BCUT2D eigenvalue weighted by atomic mass is 9.96. The number of amides is 1. The first-order valence-electron chi connectivity index (χ1n) is 9.35. The number of methoxy groups -OCH3 is 1. The quantitative estimate of drug-likeness (QED) is 0.808. The van der Waals surface area contributed by atoms with Gasteiger partial charge in [0.05, 0.1) is 26.0 Å². The lowest BCUT2D eigenvalue weighted by Gasteiger charge is -2.28. The summed E-state index contributed by atoms with van der Waals surface area (Å²) in [6.07, 6.45) is 2.47. The number of hydrogen-bond acceptors (Lipinski definition) is 5. The summed E-state index contributed by atoms with van der Waals surface area (Å²) in [5.74, 6) is -0.0952. The Morgan fingerprint density at radius 1 is 1.18 bits per heavy atom. The van der Waals surface area contributed by atoms with Crippen LogP contribution < -0.4 is 15.4 Å². The van der Waals surface area contributed by atoms with E-state index in [1.807, 2.05) is 48.5 Å². The molecule has 0 saturated carbocycles. The summed E-state index contributed by atoms with van der Waals surface area (Å²) < 4.78 is 17.1. The van der Waals surface area contributed by atoms with Crippen LogP contribution >= 0.6 is 0 Å². The summed E-state index contributed by atoms with van der Waals surface area (Å²) >= 11 is 0. The van der Waals surface area contributed by atoms with Crippen LogP contribution in [0.2, 0.25) is 0 Å². The van der Waals surface area contributed by atoms with Crippen molar-refractivity contribution in [3.05, 3.63) is 59.2 Å². The van der Waals surface area contributed by atoms with Crippen LogP contribution in [0.15, 0.2) is 42.5 Å². The van der Waals surface area contributed by atoms with Gasteiger partial charge in [-0.25, -0.2) is 0 Å². The molecule has 6 heteroatoms. The Morgan fingerprint density at radius 3 is 2.54 bits per heavy atom. The number of hydrogen-bond donors (Lipinski definition) is 1. The van der Waals surface area contributed by atoms with Crippen LogP contribution in [0.3, 0.4) is 0 Å². The first-order chi connectivity index (χ1) is 13.6. The molecule has 2 aromatic rings. The van der Waals surface area contributed by atoms with E-state index in [2.05, 4.69) is 0 Å². The minimum Gasteiger partial charge on any atom is -0.497 e. The predicted molar refractivity (Wildman–Crippen MR) is 108 cm³/mol. The van der Waals surface area contributed by atoms with Gasteiger partial charge in [0, 0.05) is 30.2 Å². The van der Waals surface area contributed by atoms with E-state index in [0.717, 1.165) is 28.1 Å². The van der Waals surface area contributed by atoms with Crippen LogP contribution in [0.5, 0.6) is 5.75 Å². The first-order valence-corrected chi connectivity index (χ1v) is 9.35. The highest BCUT2D eigenvalue weighted by Gasteiger charge is 2.40. The molecule has 1 fully saturated rings. The Balaban J connectivity index is 1.77. The second kappa shape index (κ2) is 7.39. The van der Waals surface area contributed by atoms with Crippen molar-refractivity contribution < 1.29 is 19.0 Å². The maximum Gasteiger partial charge on any atom is 0.258 e. The molecule has 28 heavy (non-hydrogen) atoms. The molecule has 0 atom stereocenters. The molecule has 4 rings (SSSR count). The van der Waals surface area contributed by atoms with Crippen molar-refractivity contribution in [2.45, 2.75) is 12.2 Å². The van der Waals surface area contributed by atoms with E-state index < -0.39 is 5.79 Å². The van der Waals surface area contributed by atoms with Crippen molar-refractivity contribution in [2.75, 3.05) is 38.8 Å². The Morgan fingerprint density at radius 2 is 1.89 bits per heavy atom. The summed E-state index contributed by atoms with van der Waals surface area (Å²) in [7, 11) is 3.42. The van der Waals surface area contributed by atoms with Gasteiger partial charge in [-0.15, -0.1) is 0 Å². The average molecular weight is 380 g/mol. The minimum absolute atomic E-state index is 0.0379. The molecule has 0 unspecified atom stereocenters. The van der Waals surface area contributed by atoms with Gasteiger partial charge in [0.2, 0.25) is 0 Å². The predicted octanol–water partition coefficient (Wildman–Crippen LogP) is 2.76. The molecule has 0 spiro atoms. The standard InChI is InChI=1S/C22H24N2O4/c1-24-20-8-5-16(22(9-10-23)27-11-12-28-22)14-18(20)19(21(24)25)13-15-3-6-17(26-2)7-4-15/h3-8,13-14H,9-12,23H2,1-2H3/b19-13-. The lowest BCUT2D eigenvalue weighted by molar-refractivity contribution is -0.168. The number of nitrogens with zero attached hydrogens (tertiary/aromatic N) is 1. The van der Waals surface area contributed by atoms with E-state index in [0.29, 0.717) is 31.8 Å². The van der Waals surface area contributed by atoms with Crippen molar-refractivity contribution in [1.82, 2.24) is 0 Å². The van der Waals surface area contributed by atoms with Gasteiger partial charge >= 0.3 is 0 Å². The van der Waals surface area contributed by atoms with Crippen LogP contribution in [-0.2, 0) is 20.1 Å². The largest absolute Gasteiger partial charge is 0.497 e. The van der Waals surface area contributed by atoms with Gasteiger partial charge in [0.15, 0.2) is 5.79 Å². The van der Waals surface area contributed by atoms with E-state index >= 15 is 0 Å². The average Bonchev–Trinajstić information content (AvgIpc) is 3.29. The number of rotatable bonds is 5. The van der Waals surface area contributed by atoms with Gasteiger partial charge in [0.1, 0.15) is 5.75 Å². The van der Waals surface area contributed by atoms with E-state index in [1.165, 1.54) is 0 Å². The highest BCUT2D eigenvalue weighted by Crippen LogP contribution is 2.42. The van der Waals surface area contributed by atoms with Gasteiger partial charge in [-0.1, -0.05) is 18.2 Å². The number of carbonyl (C=O) groups excluding carboxylic acids is 1. The third-order valence-electron chi connectivity index (χ3n) is 5.28. The molecule has 2 aromatic carbocycles. The van der Waals surface area contributed by atoms with Crippen LogP contribution in [-0.4, -0.2) is 39.8 Å². The number of ether oxygens (including phenoxy) is 3. The molecule has 2 N–H and O–H groups in total. The molecule has 146 valence electrons. The summed E-state index contributed by atoms with van der Waals surface area (Å²) in [5, 5.41) is 0. The number of fused-ring (bicyclic) bond motifs is 1. The fourth-order valence-corrected chi connectivity index (χ4v) is 3.79. The molecular formula is C22H24N2O4. The Kier molecular flexibility index (Phi) is 4.93. The van der Waals surface area contributed by atoms with Gasteiger partial charge in [0.25, 0.3) is 5.91 Å². The van der Waals surface area contributed by atoms with Crippen LogP contribution in [0.1, 0.15) is 23.1 Å². The third-order valence-corrected chi connectivity index (χ3v) is 5.28. The second-order valence-corrected chi connectivity index (χ2v) is 6.92. The lowest BCUT2D eigenvalue weighted by Crippen LogP contribution is -2.30. The number of benzene rings is 2. The second-order valence-electron chi connectivity index (χ2n) is 6.92. The van der Waals surface area contributed by atoms with Gasteiger partial charge in [-0.2, -0.15) is 0 Å². The molecule has 0 aromatic heterocycles. The molecule has 0 aliphatic carbocycles. The minimum atomic E-state index is -0.834. The highest BCUT2D eigenvalue weighted by molar-refractivity contribution is 6.35. The van der Waals surface area contributed by atoms with Gasteiger partial charge in [-0.05, 0) is 42.4 Å². The fraction of sp³-hybridized carbons (Fsp3) is 0.318. The zero-order chi connectivity index (χ0) is 19.7. The molecule has 0 radical (unpaired) electrons. The highest BCUT2D eigenvalue weighted by atomic mass is 16.7. The molecule has 6 nitrogen and oxygen atoms in total.